The van der Waals surface area contributed by atoms with Crippen LogP contribution in [0.4, 0.5) is 0 Å². The van der Waals surface area contributed by atoms with Crippen molar-refractivity contribution < 1.29 is 34.7 Å². The van der Waals surface area contributed by atoms with Gasteiger partial charge in [0, 0.05) is 5.56 Å². The Morgan fingerprint density at radius 3 is 2.37 bits per heavy atom. The molecule has 4 N–H and O–H groups in total. The number of aliphatic carboxylic acids is 1. The molecule has 0 spiro atoms. The van der Waals surface area contributed by atoms with Crippen molar-refractivity contribution in [2.45, 2.75) is 75.0 Å². The smallest absolute Gasteiger partial charge is 0.314 e. The van der Waals surface area contributed by atoms with Crippen LogP contribution in [0.15, 0.2) is 18.2 Å². The van der Waals surface area contributed by atoms with Gasteiger partial charge in [-0.15, -0.1) is 0 Å². The number of carboxylic acids is 1. The average Bonchev–Trinajstić information content (AvgIpc) is 2.69. The molecule has 7 nitrogen and oxygen atoms in total. The molecule has 1 aromatic carbocycles. The Balaban J connectivity index is 2.05. The number of hydrogen-bond acceptors (Lipinski definition) is 6. The van der Waals surface area contributed by atoms with E-state index in [1.54, 1.807) is 25.1 Å². The molecule has 0 radical (unpaired) electrons. The van der Waals surface area contributed by atoms with Crippen LogP contribution >= 0.6 is 0 Å². The standard InChI is InChI=1S/C20H28O7/c1-11-15(21)16(22)17(23)18(27-11)13-10-12(6-7-14(13)26-2)20(19(24)25)8-4-3-5-9-20/h6-7,10-11,15-18,21-23H,3-5,8-9H2,1-2H3,(H,24,25)/t11-,15-,16-,17-,18+/m0/s1. The molecule has 2 aliphatic rings. The fourth-order valence-electron chi connectivity index (χ4n) is 4.34. The van der Waals surface area contributed by atoms with Gasteiger partial charge in [0.25, 0.3) is 0 Å². The normalized spacial score (nSPS) is 33.4. The maximum Gasteiger partial charge on any atom is 0.314 e. The Bertz CT molecular complexity index is 683. The summed E-state index contributed by atoms with van der Waals surface area (Å²) in [7, 11) is 1.48. The monoisotopic (exact) mass is 380 g/mol. The van der Waals surface area contributed by atoms with E-state index in [0.29, 0.717) is 29.7 Å². The zero-order chi connectivity index (χ0) is 19.8. The minimum atomic E-state index is -1.37. The van der Waals surface area contributed by atoms with Gasteiger partial charge in [-0.1, -0.05) is 25.3 Å². The minimum Gasteiger partial charge on any atom is -0.496 e. The van der Waals surface area contributed by atoms with E-state index in [9.17, 15) is 25.2 Å². The lowest BCUT2D eigenvalue weighted by atomic mass is 9.69. The highest BCUT2D eigenvalue weighted by molar-refractivity contribution is 5.81. The van der Waals surface area contributed by atoms with Crippen LogP contribution < -0.4 is 4.74 Å². The number of methoxy groups -OCH3 is 1. The first-order chi connectivity index (χ1) is 12.8. The van der Waals surface area contributed by atoms with Crippen molar-refractivity contribution in [3.63, 3.8) is 0 Å². The second-order valence-electron chi connectivity index (χ2n) is 7.64. The molecule has 0 unspecified atom stereocenters. The number of benzene rings is 1. The third-order valence-corrected chi connectivity index (χ3v) is 6.06. The highest BCUT2D eigenvalue weighted by atomic mass is 16.5. The second kappa shape index (κ2) is 7.75. The summed E-state index contributed by atoms with van der Waals surface area (Å²) in [5.41, 5.74) is 0.156. The number of carbonyl (C=O) groups is 1. The van der Waals surface area contributed by atoms with Crippen LogP contribution in [0.3, 0.4) is 0 Å². The lowest BCUT2D eigenvalue weighted by Crippen LogP contribution is -2.53. The lowest BCUT2D eigenvalue weighted by molar-refractivity contribution is -0.219. The number of hydrogen-bond donors (Lipinski definition) is 4. The van der Waals surface area contributed by atoms with Gasteiger partial charge in [-0.05, 0) is 37.5 Å². The summed E-state index contributed by atoms with van der Waals surface area (Å²) in [6, 6.07) is 5.15. The van der Waals surface area contributed by atoms with Crippen molar-refractivity contribution in [1.29, 1.82) is 0 Å². The van der Waals surface area contributed by atoms with Crippen LogP contribution in [0.2, 0.25) is 0 Å². The lowest BCUT2D eigenvalue weighted by Gasteiger charge is -2.40. The molecular formula is C20H28O7. The summed E-state index contributed by atoms with van der Waals surface area (Å²) in [5.74, 6) is -0.415. The summed E-state index contributed by atoms with van der Waals surface area (Å²) >= 11 is 0. The number of rotatable bonds is 4. The number of aliphatic hydroxyl groups excluding tert-OH is 3. The van der Waals surface area contributed by atoms with E-state index in [4.69, 9.17) is 9.47 Å². The fraction of sp³-hybridized carbons (Fsp3) is 0.650. The van der Waals surface area contributed by atoms with Crippen LogP contribution in [0.1, 0.15) is 56.3 Å². The summed E-state index contributed by atoms with van der Waals surface area (Å²) in [5, 5.41) is 40.5. The molecule has 3 rings (SSSR count). The van der Waals surface area contributed by atoms with Crippen molar-refractivity contribution in [1.82, 2.24) is 0 Å². The Hall–Kier alpha value is -1.67. The summed E-state index contributed by atoms with van der Waals surface area (Å²) in [6.07, 6.45) is -1.72. The van der Waals surface area contributed by atoms with Gasteiger partial charge in [-0.3, -0.25) is 4.79 Å². The van der Waals surface area contributed by atoms with E-state index < -0.39 is 41.9 Å². The van der Waals surface area contributed by atoms with Crippen LogP contribution in [0.5, 0.6) is 5.75 Å². The Morgan fingerprint density at radius 1 is 1.11 bits per heavy atom. The molecule has 150 valence electrons. The molecule has 1 aliphatic heterocycles. The zero-order valence-electron chi connectivity index (χ0n) is 15.7. The summed E-state index contributed by atoms with van der Waals surface area (Å²) in [6.45, 7) is 1.61. The van der Waals surface area contributed by atoms with E-state index >= 15 is 0 Å². The Kier molecular flexibility index (Phi) is 5.76. The van der Waals surface area contributed by atoms with E-state index in [1.165, 1.54) is 7.11 Å². The molecule has 0 bridgehead atoms. The van der Waals surface area contributed by atoms with Gasteiger partial charge >= 0.3 is 5.97 Å². The Labute approximate surface area is 158 Å². The predicted molar refractivity (Wildman–Crippen MR) is 96.7 cm³/mol. The van der Waals surface area contributed by atoms with Crippen LogP contribution in [-0.4, -0.2) is 57.9 Å². The molecule has 1 aliphatic carbocycles. The number of ether oxygens (including phenoxy) is 2. The third-order valence-electron chi connectivity index (χ3n) is 6.06. The molecular weight excluding hydrogens is 352 g/mol. The molecule has 0 amide bonds. The van der Waals surface area contributed by atoms with Gasteiger partial charge in [0.2, 0.25) is 0 Å². The topological polar surface area (TPSA) is 116 Å². The summed E-state index contributed by atoms with van der Waals surface area (Å²) in [4.78, 5) is 12.1. The predicted octanol–water partition coefficient (Wildman–Crippen LogP) is 1.52. The van der Waals surface area contributed by atoms with Gasteiger partial charge in [-0.2, -0.15) is 0 Å². The van der Waals surface area contributed by atoms with Crippen molar-refractivity contribution in [3.8, 4) is 5.75 Å². The van der Waals surface area contributed by atoms with E-state index in [0.717, 1.165) is 19.3 Å². The van der Waals surface area contributed by atoms with Crippen molar-refractivity contribution in [3.05, 3.63) is 29.3 Å². The van der Waals surface area contributed by atoms with Crippen molar-refractivity contribution in [2.75, 3.05) is 7.11 Å². The maximum absolute atomic E-state index is 12.1. The summed E-state index contributed by atoms with van der Waals surface area (Å²) < 4.78 is 11.2. The van der Waals surface area contributed by atoms with Gasteiger partial charge in [0.15, 0.2) is 0 Å². The fourth-order valence-corrected chi connectivity index (χ4v) is 4.34. The molecule has 2 fully saturated rings. The third kappa shape index (κ3) is 3.45. The van der Waals surface area contributed by atoms with Gasteiger partial charge in [-0.25, -0.2) is 0 Å². The molecule has 27 heavy (non-hydrogen) atoms. The molecule has 0 aromatic heterocycles. The van der Waals surface area contributed by atoms with Gasteiger partial charge < -0.3 is 29.9 Å². The van der Waals surface area contributed by atoms with E-state index in [-0.39, 0.29) is 0 Å². The van der Waals surface area contributed by atoms with Gasteiger partial charge in [0.1, 0.15) is 30.2 Å². The maximum atomic E-state index is 12.1. The molecule has 1 saturated heterocycles. The molecule has 1 aromatic rings. The first-order valence-corrected chi connectivity index (χ1v) is 9.43. The van der Waals surface area contributed by atoms with Crippen molar-refractivity contribution >= 4 is 5.97 Å². The molecule has 7 heteroatoms. The quantitative estimate of drug-likeness (QED) is 0.626. The van der Waals surface area contributed by atoms with E-state index in [2.05, 4.69) is 0 Å². The van der Waals surface area contributed by atoms with Crippen LogP contribution in [-0.2, 0) is 14.9 Å². The van der Waals surface area contributed by atoms with Gasteiger partial charge in [0.05, 0.1) is 18.6 Å². The highest BCUT2D eigenvalue weighted by Crippen LogP contribution is 2.44. The number of aliphatic hydroxyl groups is 3. The SMILES string of the molecule is COc1ccc(C2(C(=O)O)CCCCC2)cc1[C@H]1O[C@@H](C)[C@H](O)[C@H](O)[C@@H]1O. The van der Waals surface area contributed by atoms with E-state index in [1.807, 2.05) is 0 Å². The average molecular weight is 380 g/mol. The minimum absolute atomic E-state index is 0.440. The molecule has 5 atom stereocenters. The highest BCUT2D eigenvalue weighted by Gasteiger charge is 2.45. The van der Waals surface area contributed by atoms with Crippen LogP contribution in [0, 0.1) is 0 Å². The second-order valence-corrected chi connectivity index (χ2v) is 7.64. The Morgan fingerprint density at radius 2 is 1.78 bits per heavy atom. The molecule has 1 saturated carbocycles. The first kappa shape index (κ1) is 20.1. The first-order valence-electron chi connectivity index (χ1n) is 9.43. The van der Waals surface area contributed by atoms with Crippen LogP contribution in [0.25, 0.3) is 0 Å². The zero-order valence-corrected chi connectivity index (χ0v) is 15.7. The number of carboxylic acid groups (broad SMARTS) is 1. The van der Waals surface area contributed by atoms with Crippen molar-refractivity contribution in [2.24, 2.45) is 0 Å². The molecule has 1 heterocycles. The largest absolute Gasteiger partial charge is 0.496 e.